The van der Waals surface area contributed by atoms with Crippen molar-refractivity contribution >= 4 is 10.1 Å². The summed E-state index contributed by atoms with van der Waals surface area (Å²) >= 11 is 0. The van der Waals surface area contributed by atoms with Crippen molar-refractivity contribution in [3.8, 4) is 0 Å². The summed E-state index contributed by atoms with van der Waals surface area (Å²) in [5.41, 5.74) is 0. The van der Waals surface area contributed by atoms with E-state index in [1.807, 2.05) is 0 Å². The quantitative estimate of drug-likeness (QED) is 0.462. The molecule has 0 atom stereocenters. The van der Waals surface area contributed by atoms with Crippen molar-refractivity contribution in [3.05, 3.63) is 0 Å². The number of hydrogen-bond acceptors (Lipinski definition) is 3. The van der Waals surface area contributed by atoms with E-state index in [9.17, 15) is 34.9 Å². The van der Waals surface area contributed by atoms with Gasteiger partial charge in [0.2, 0.25) is 0 Å². The van der Waals surface area contributed by atoms with E-state index in [1.54, 1.807) is 0 Å². The van der Waals surface area contributed by atoms with Crippen LogP contribution >= 0.6 is 0 Å². The molecule has 0 rings (SSSR count). The first kappa shape index (κ1) is 18.9. The van der Waals surface area contributed by atoms with Gasteiger partial charge in [-0.1, -0.05) is 6.42 Å². The highest BCUT2D eigenvalue weighted by molar-refractivity contribution is 7.86. The third-order valence-electron chi connectivity index (χ3n) is 1.79. The van der Waals surface area contributed by atoms with E-state index < -0.39 is 40.8 Å². The summed E-state index contributed by atoms with van der Waals surface area (Å²) in [6, 6.07) is 0. The average Bonchev–Trinajstić information content (AvgIpc) is 1.98. The zero-order valence-corrected chi connectivity index (χ0v) is 9.87. The van der Waals surface area contributed by atoms with E-state index in [0.29, 0.717) is 0 Å². The Labute approximate surface area is 95.5 Å². The molecule has 0 heterocycles. The van der Waals surface area contributed by atoms with Gasteiger partial charge in [-0.25, -0.2) is 8.42 Å². The van der Waals surface area contributed by atoms with Gasteiger partial charge in [0, 0.05) is 12.8 Å². The highest BCUT2D eigenvalue weighted by atomic mass is 32.2. The van der Waals surface area contributed by atoms with Crippen molar-refractivity contribution in [1.82, 2.24) is 6.15 Å². The number of unbranched alkanes of at least 4 members (excludes halogenated alkanes) is 2. The minimum absolute atomic E-state index is 0. The van der Waals surface area contributed by atoms with Gasteiger partial charge in [-0.05, 0) is 12.8 Å². The van der Waals surface area contributed by atoms with Crippen LogP contribution < -0.4 is 6.15 Å². The number of hydrogen-bond donors (Lipinski definition) is 1. The van der Waals surface area contributed by atoms with E-state index >= 15 is 0 Å². The van der Waals surface area contributed by atoms with Crippen LogP contribution in [0.1, 0.15) is 32.1 Å². The van der Waals surface area contributed by atoms with E-state index in [1.165, 1.54) is 0 Å². The minimum Gasteiger partial charge on any atom is -0.743 e. The van der Waals surface area contributed by atoms with E-state index in [4.69, 9.17) is 0 Å². The molecule has 0 aliphatic heterocycles. The topological polar surface area (TPSA) is 93.7 Å². The van der Waals surface area contributed by atoms with Crippen LogP contribution in [0.2, 0.25) is 0 Å². The van der Waals surface area contributed by atoms with Gasteiger partial charge in [0.15, 0.2) is 10.1 Å². The van der Waals surface area contributed by atoms with Crippen LogP contribution in [0.5, 0.6) is 0 Å². The van der Waals surface area contributed by atoms with Crippen LogP contribution in [0.15, 0.2) is 0 Å². The minimum atomic E-state index is -5.72. The summed E-state index contributed by atoms with van der Waals surface area (Å²) in [6.07, 6.45) is -7.71. The highest BCUT2D eigenvalue weighted by Gasteiger charge is 2.36. The molecule has 0 bridgehead atoms. The average molecular weight is 287 g/mol. The molecule has 0 saturated heterocycles. The molecule has 4 N–H and O–H groups in total. The largest absolute Gasteiger partial charge is 0.743 e. The van der Waals surface area contributed by atoms with Crippen LogP contribution in [-0.2, 0) is 10.1 Å². The second-order valence-corrected chi connectivity index (χ2v) is 4.77. The molecule has 0 aromatic rings. The van der Waals surface area contributed by atoms with Gasteiger partial charge < -0.3 is 10.7 Å². The molecular formula is C7H14F5NO3S. The van der Waals surface area contributed by atoms with Crippen LogP contribution in [0.4, 0.5) is 22.0 Å². The van der Waals surface area contributed by atoms with Crippen LogP contribution in [0, 0.1) is 0 Å². The maximum Gasteiger partial charge on any atom is 0.389 e. The predicted octanol–water partition coefficient (Wildman–Crippen LogP) is 3.01. The summed E-state index contributed by atoms with van der Waals surface area (Å²) in [6.45, 7) is 0. The fourth-order valence-electron chi connectivity index (χ4n) is 0.958. The van der Waals surface area contributed by atoms with Gasteiger partial charge in [-0.2, -0.15) is 22.0 Å². The van der Waals surface area contributed by atoms with Crippen molar-refractivity contribution in [3.63, 3.8) is 0 Å². The summed E-state index contributed by atoms with van der Waals surface area (Å²) in [7, 11) is -5.72. The lowest BCUT2D eigenvalue weighted by atomic mass is 10.1. The molecule has 0 unspecified atom stereocenters. The predicted molar refractivity (Wildman–Crippen MR) is 49.8 cm³/mol. The lowest BCUT2D eigenvalue weighted by Crippen LogP contribution is -2.28. The Bertz CT molecular complexity index is 314. The number of quaternary nitrogens is 1. The zero-order valence-electron chi connectivity index (χ0n) is 9.06. The van der Waals surface area contributed by atoms with Crippen molar-refractivity contribution in [2.24, 2.45) is 0 Å². The SMILES string of the molecule is O=S(=O)([O-])C(F)(F)CCCCCC(F)(F)F.[NH4+]. The van der Waals surface area contributed by atoms with Crippen molar-refractivity contribution in [2.75, 3.05) is 0 Å². The standard InChI is InChI=1S/C7H11F5O3S.H3N/c8-6(9,10)4-2-1-3-5-7(11,12)16(13,14)15;/h1-5H2,(H,13,14,15);1H3. The van der Waals surface area contributed by atoms with E-state index in [0.717, 1.165) is 0 Å². The van der Waals surface area contributed by atoms with Crippen LogP contribution in [0.25, 0.3) is 0 Å². The molecule has 0 aliphatic carbocycles. The monoisotopic (exact) mass is 287 g/mol. The van der Waals surface area contributed by atoms with Gasteiger partial charge in [-0.3, -0.25) is 0 Å². The smallest absolute Gasteiger partial charge is 0.389 e. The molecular weight excluding hydrogens is 273 g/mol. The lowest BCUT2D eigenvalue weighted by Gasteiger charge is -2.19. The number of rotatable bonds is 6. The second-order valence-electron chi connectivity index (χ2n) is 3.27. The molecule has 10 heteroatoms. The fraction of sp³-hybridized carbons (Fsp3) is 1.00. The summed E-state index contributed by atoms with van der Waals surface area (Å²) in [4.78, 5) is 0. The van der Waals surface area contributed by atoms with E-state index in [-0.39, 0.29) is 19.0 Å². The van der Waals surface area contributed by atoms with Crippen molar-refractivity contribution < 1.29 is 34.9 Å². The molecule has 17 heavy (non-hydrogen) atoms. The summed E-state index contributed by atoms with van der Waals surface area (Å²) in [5.74, 6) is 0. The molecule has 0 aliphatic rings. The Morgan fingerprint density at radius 1 is 0.882 bits per heavy atom. The molecule has 0 radical (unpaired) electrons. The van der Waals surface area contributed by atoms with E-state index in [2.05, 4.69) is 0 Å². The third-order valence-corrected chi connectivity index (χ3v) is 2.73. The van der Waals surface area contributed by atoms with Gasteiger partial charge in [-0.15, -0.1) is 0 Å². The molecule has 0 aromatic carbocycles. The Morgan fingerprint density at radius 2 is 1.29 bits per heavy atom. The molecule has 0 fully saturated rings. The molecule has 0 spiro atoms. The van der Waals surface area contributed by atoms with Gasteiger partial charge >= 0.3 is 11.4 Å². The second kappa shape index (κ2) is 6.45. The Balaban J connectivity index is 0. The fourth-order valence-corrected chi connectivity index (χ4v) is 1.35. The van der Waals surface area contributed by atoms with Crippen LogP contribution in [0.3, 0.4) is 0 Å². The molecule has 0 amide bonds. The first-order chi connectivity index (χ1) is 6.96. The van der Waals surface area contributed by atoms with Gasteiger partial charge in [0.05, 0.1) is 0 Å². The number of alkyl halides is 5. The van der Waals surface area contributed by atoms with Crippen LogP contribution in [-0.4, -0.2) is 24.4 Å². The Kier molecular flexibility index (Phi) is 7.16. The summed E-state index contributed by atoms with van der Waals surface area (Å²) < 4.78 is 89.7. The normalized spacial score (nSPS) is 13.3. The van der Waals surface area contributed by atoms with Gasteiger partial charge in [0.25, 0.3) is 0 Å². The van der Waals surface area contributed by atoms with Gasteiger partial charge in [0.1, 0.15) is 0 Å². The number of halogens is 5. The Hall–Kier alpha value is -0.480. The zero-order chi connectivity index (χ0) is 13.0. The molecule has 0 saturated carbocycles. The lowest BCUT2D eigenvalue weighted by molar-refractivity contribution is -0.135. The summed E-state index contributed by atoms with van der Waals surface area (Å²) in [5, 5.41) is -4.40. The highest BCUT2D eigenvalue weighted by Crippen LogP contribution is 2.28. The maximum absolute atomic E-state index is 12.5. The third kappa shape index (κ3) is 8.27. The first-order valence-corrected chi connectivity index (χ1v) is 5.76. The molecule has 4 nitrogen and oxygen atoms in total. The first-order valence-electron chi connectivity index (χ1n) is 4.36. The van der Waals surface area contributed by atoms with Crippen molar-refractivity contribution in [1.29, 1.82) is 0 Å². The Morgan fingerprint density at radius 3 is 1.65 bits per heavy atom. The maximum atomic E-state index is 12.5. The molecule has 106 valence electrons. The molecule has 0 aromatic heterocycles. The van der Waals surface area contributed by atoms with Crippen molar-refractivity contribution in [2.45, 2.75) is 43.5 Å².